The molecule has 146 valence electrons. The Balaban J connectivity index is 1.55. The lowest BCUT2D eigenvalue weighted by Crippen LogP contribution is -2.43. The van der Waals surface area contributed by atoms with E-state index in [1.165, 1.54) is 11.5 Å². The number of halogens is 1. The van der Waals surface area contributed by atoms with Crippen LogP contribution in [0.25, 0.3) is 10.2 Å². The highest BCUT2D eigenvalue weighted by Gasteiger charge is 2.32. The molecule has 0 spiro atoms. The van der Waals surface area contributed by atoms with E-state index >= 15 is 0 Å². The largest absolute Gasteiger partial charge is 0.632 e. The molecule has 0 fully saturated rings. The normalized spacial score (nSPS) is 21.4. The number of fused-ring (bicyclic) bond motifs is 2. The Morgan fingerprint density at radius 2 is 1.90 bits per heavy atom. The summed E-state index contributed by atoms with van der Waals surface area (Å²) in [6, 6.07) is 21.2. The molecule has 2 unspecified atom stereocenters. The van der Waals surface area contributed by atoms with Crippen LogP contribution in [0.15, 0.2) is 66.7 Å². The van der Waals surface area contributed by atoms with Gasteiger partial charge in [-0.3, -0.25) is 0 Å². The summed E-state index contributed by atoms with van der Waals surface area (Å²) >= 11 is 7.39. The first-order chi connectivity index (χ1) is 14.1. The summed E-state index contributed by atoms with van der Waals surface area (Å²) in [5, 5.41) is 18.9. The van der Waals surface area contributed by atoms with Gasteiger partial charge in [-0.25, -0.2) is 0 Å². The Morgan fingerprint density at radius 3 is 2.76 bits per heavy atom. The third-order valence-electron chi connectivity index (χ3n) is 5.26. The average molecular weight is 424 g/mol. The number of ether oxygens (including phenoxy) is 1. The van der Waals surface area contributed by atoms with Gasteiger partial charge in [0.05, 0.1) is 4.70 Å². The van der Waals surface area contributed by atoms with Crippen molar-refractivity contribution in [3.8, 4) is 5.75 Å². The standard InChI is InChI=1S/C22H18ClN3O2S/c23-18-10-8-15(9-11-18)21-14-26(27,12-16-4-1-2-7-20(16)28-21)13-17-5-3-6-19-22(17)29-25-24-19/h1-11,21H,12-14H2. The molecule has 0 saturated heterocycles. The van der Waals surface area contributed by atoms with Gasteiger partial charge in [0.1, 0.15) is 30.9 Å². The number of nitrogens with zero attached hydrogens (tertiary/aromatic N) is 3. The van der Waals surface area contributed by atoms with E-state index in [2.05, 4.69) is 9.59 Å². The van der Waals surface area contributed by atoms with Crippen molar-refractivity contribution in [3.05, 3.63) is 93.7 Å². The van der Waals surface area contributed by atoms with E-state index in [-0.39, 0.29) is 6.10 Å². The fourth-order valence-corrected chi connectivity index (χ4v) is 4.67. The number of quaternary nitrogens is 1. The second-order valence-corrected chi connectivity index (χ2v) is 8.55. The molecule has 5 rings (SSSR count). The predicted molar refractivity (Wildman–Crippen MR) is 115 cm³/mol. The van der Waals surface area contributed by atoms with Gasteiger partial charge in [0.2, 0.25) is 0 Å². The number of benzene rings is 3. The first kappa shape index (κ1) is 18.5. The minimum absolute atomic E-state index is 0.304. The van der Waals surface area contributed by atoms with Crippen LogP contribution in [-0.4, -0.2) is 20.8 Å². The van der Waals surface area contributed by atoms with E-state index in [9.17, 15) is 5.21 Å². The predicted octanol–water partition coefficient (Wildman–Crippen LogP) is 5.49. The van der Waals surface area contributed by atoms with Gasteiger partial charge < -0.3 is 14.6 Å². The summed E-state index contributed by atoms with van der Waals surface area (Å²) in [5.74, 6) is 0.765. The van der Waals surface area contributed by atoms with E-state index in [0.717, 1.165) is 32.7 Å². The molecular formula is C22H18ClN3O2S. The molecule has 29 heavy (non-hydrogen) atoms. The highest BCUT2D eigenvalue weighted by molar-refractivity contribution is 7.13. The highest BCUT2D eigenvalue weighted by atomic mass is 35.5. The lowest BCUT2D eigenvalue weighted by molar-refractivity contribution is -0.909. The van der Waals surface area contributed by atoms with Gasteiger partial charge in [-0.1, -0.05) is 52.5 Å². The number of hydrogen-bond donors (Lipinski definition) is 0. The average Bonchev–Trinajstić information content (AvgIpc) is 3.14. The SMILES string of the molecule is [O-][N+]1(Cc2cccc3nnsc23)Cc2ccccc2OC(c2ccc(Cl)cc2)C1. The molecule has 5 nitrogen and oxygen atoms in total. The van der Waals surface area contributed by atoms with Gasteiger partial charge in [-0.05, 0) is 47.4 Å². The van der Waals surface area contributed by atoms with Crippen molar-refractivity contribution in [2.75, 3.05) is 6.54 Å². The summed E-state index contributed by atoms with van der Waals surface area (Å²) in [6.07, 6.45) is -0.354. The zero-order valence-electron chi connectivity index (χ0n) is 15.5. The van der Waals surface area contributed by atoms with Crippen LogP contribution in [0.1, 0.15) is 22.8 Å². The van der Waals surface area contributed by atoms with E-state index < -0.39 is 4.65 Å². The summed E-state index contributed by atoms with van der Waals surface area (Å²) in [5.41, 5.74) is 3.68. The number of hydroxylamine groups is 3. The maximum atomic E-state index is 14.1. The quantitative estimate of drug-likeness (QED) is 0.323. The van der Waals surface area contributed by atoms with Crippen LogP contribution in [0.5, 0.6) is 5.75 Å². The van der Waals surface area contributed by atoms with Gasteiger partial charge in [-0.15, -0.1) is 5.10 Å². The van der Waals surface area contributed by atoms with Gasteiger partial charge in [0, 0.05) is 16.1 Å². The molecular weight excluding hydrogens is 406 g/mol. The Hall–Kier alpha value is -2.51. The van der Waals surface area contributed by atoms with Crippen molar-refractivity contribution in [2.45, 2.75) is 19.2 Å². The van der Waals surface area contributed by atoms with Gasteiger partial charge in [-0.2, -0.15) is 0 Å². The molecule has 0 aliphatic carbocycles. The molecule has 0 N–H and O–H groups in total. The number of aromatic nitrogens is 2. The Morgan fingerprint density at radius 1 is 1.07 bits per heavy atom. The molecule has 1 aliphatic heterocycles. The molecule has 0 amide bonds. The second kappa shape index (κ2) is 7.39. The molecule has 7 heteroatoms. The van der Waals surface area contributed by atoms with E-state index in [4.69, 9.17) is 16.3 Å². The van der Waals surface area contributed by atoms with E-state index in [0.29, 0.717) is 24.7 Å². The number of para-hydroxylation sites is 1. The zero-order chi connectivity index (χ0) is 19.8. The zero-order valence-corrected chi connectivity index (χ0v) is 17.1. The maximum absolute atomic E-state index is 14.1. The van der Waals surface area contributed by atoms with Crippen molar-refractivity contribution in [2.24, 2.45) is 0 Å². The summed E-state index contributed by atoms with van der Waals surface area (Å²) in [7, 11) is 0. The van der Waals surface area contributed by atoms with E-state index in [1.807, 2.05) is 66.7 Å². The minimum Gasteiger partial charge on any atom is -0.632 e. The summed E-state index contributed by atoms with van der Waals surface area (Å²) < 4.78 is 10.9. The first-order valence-corrected chi connectivity index (χ1v) is 10.5. The van der Waals surface area contributed by atoms with Crippen LogP contribution in [0.3, 0.4) is 0 Å². The van der Waals surface area contributed by atoms with E-state index in [1.54, 1.807) is 0 Å². The van der Waals surface area contributed by atoms with Gasteiger partial charge in [0.15, 0.2) is 6.10 Å². The van der Waals surface area contributed by atoms with Crippen molar-refractivity contribution in [1.29, 1.82) is 0 Å². The van der Waals surface area contributed by atoms with Crippen LogP contribution in [0.2, 0.25) is 5.02 Å². The van der Waals surface area contributed by atoms with Gasteiger partial charge in [0.25, 0.3) is 0 Å². The molecule has 0 bridgehead atoms. The summed E-state index contributed by atoms with van der Waals surface area (Å²) in [6.45, 7) is 0.991. The molecule has 0 radical (unpaired) electrons. The Labute approximate surface area is 177 Å². The lowest BCUT2D eigenvalue weighted by atomic mass is 10.1. The third-order valence-corrected chi connectivity index (χ3v) is 6.32. The van der Waals surface area contributed by atoms with Crippen LogP contribution in [-0.2, 0) is 13.1 Å². The van der Waals surface area contributed by atoms with Crippen molar-refractivity contribution < 1.29 is 9.38 Å². The molecule has 0 saturated carbocycles. The summed E-state index contributed by atoms with van der Waals surface area (Å²) in [4.78, 5) is 0. The first-order valence-electron chi connectivity index (χ1n) is 9.37. The maximum Gasteiger partial charge on any atom is 0.173 e. The van der Waals surface area contributed by atoms with Gasteiger partial charge >= 0.3 is 0 Å². The Kier molecular flexibility index (Phi) is 4.72. The second-order valence-electron chi connectivity index (χ2n) is 7.36. The number of rotatable bonds is 3. The van der Waals surface area contributed by atoms with Crippen LogP contribution >= 0.6 is 23.1 Å². The number of hydrogen-bond acceptors (Lipinski definition) is 5. The highest BCUT2D eigenvalue weighted by Crippen LogP contribution is 2.36. The van der Waals surface area contributed by atoms with Crippen LogP contribution in [0.4, 0.5) is 0 Å². The van der Waals surface area contributed by atoms with Crippen molar-refractivity contribution in [3.63, 3.8) is 0 Å². The molecule has 1 aliphatic rings. The van der Waals surface area contributed by atoms with Crippen molar-refractivity contribution >= 4 is 33.4 Å². The molecule has 1 aromatic heterocycles. The molecule has 2 heterocycles. The van der Waals surface area contributed by atoms with Crippen molar-refractivity contribution in [1.82, 2.24) is 9.59 Å². The topological polar surface area (TPSA) is 58.1 Å². The smallest absolute Gasteiger partial charge is 0.173 e. The minimum atomic E-state index is -0.415. The van der Waals surface area contributed by atoms with Crippen LogP contribution in [0, 0.1) is 5.21 Å². The molecule has 2 atom stereocenters. The molecule has 3 aromatic carbocycles. The lowest BCUT2D eigenvalue weighted by Gasteiger charge is -2.43. The monoisotopic (exact) mass is 423 g/mol. The third kappa shape index (κ3) is 3.72. The fraction of sp³-hybridized carbons (Fsp3) is 0.182. The van der Waals surface area contributed by atoms with Crippen LogP contribution < -0.4 is 4.74 Å². The fourth-order valence-electron chi connectivity index (χ4n) is 3.88. The Bertz CT molecular complexity index is 1160. The molecule has 4 aromatic rings.